The lowest BCUT2D eigenvalue weighted by molar-refractivity contribution is 0.0448. The van der Waals surface area contributed by atoms with Crippen LogP contribution in [0.1, 0.15) is 62.3 Å². The van der Waals surface area contributed by atoms with E-state index in [2.05, 4.69) is 25.5 Å². The van der Waals surface area contributed by atoms with Crippen molar-refractivity contribution in [3.8, 4) is 0 Å². The van der Waals surface area contributed by atoms with Crippen molar-refractivity contribution in [2.75, 3.05) is 18.0 Å². The average molecular weight is 508 g/mol. The molecule has 0 spiro atoms. The summed E-state index contributed by atoms with van der Waals surface area (Å²) in [5, 5.41) is 6.41. The van der Waals surface area contributed by atoms with E-state index < -0.39 is 11.7 Å². The maximum Gasteiger partial charge on any atom is 0.408 e. The number of amides is 2. The Hall–Kier alpha value is -2.58. The highest BCUT2D eigenvalue weighted by Crippen LogP contribution is 2.28. The summed E-state index contributed by atoms with van der Waals surface area (Å²) in [5.74, 6) is 0.372. The second kappa shape index (κ2) is 10.4. The van der Waals surface area contributed by atoms with E-state index in [-0.39, 0.29) is 23.0 Å². The van der Waals surface area contributed by atoms with Gasteiger partial charge in [0.05, 0.1) is 34.0 Å². The van der Waals surface area contributed by atoms with Gasteiger partial charge in [-0.1, -0.05) is 29.3 Å². The number of benzene rings is 1. The number of aromatic nitrogens is 2. The summed E-state index contributed by atoms with van der Waals surface area (Å²) in [5.41, 5.74) is 0.790. The first kappa shape index (κ1) is 26.0. The van der Waals surface area contributed by atoms with Crippen molar-refractivity contribution in [1.29, 1.82) is 0 Å². The largest absolute Gasteiger partial charge is 0.444 e. The number of nitrogens with zero attached hydrogens (tertiary/aromatic N) is 3. The number of anilines is 1. The van der Waals surface area contributed by atoms with Gasteiger partial charge >= 0.3 is 6.09 Å². The molecule has 2 N–H and O–H groups in total. The summed E-state index contributed by atoms with van der Waals surface area (Å²) < 4.78 is 5.41. The molecule has 1 aliphatic rings. The number of carbonyl (C=O) groups is 2. The van der Waals surface area contributed by atoms with Gasteiger partial charge in [0, 0.05) is 18.6 Å². The number of halogens is 2. The fourth-order valence-corrected chi connectivity index (χ4v) is 4.12. The Kier molecular flexibility index (Phi) is 7.93. The monoisotopic (exact) mass is 507 g/mol. The van der Waals surface area contributed by atoms with Crippen molar-refractivity contribution in [3.63, 3.8) is 0 Å². The summed E-state index contributed by atoms with van der Waals surface area (Å²) in [6, 6.07) is 4.93. The van der Waals surface area contributed by atoms with Gasteiger partial charge in [0.25, 0.3) is 5.91 Å². The van der Waals surface area contributed by atoms with E-state index in [0.717, 1.165) is 5.69 Å². The Morgan fingerprint density at radius 3 is 2.53 bits per heavy atom. The lowest BCUT2D eigenvalue weighted by Gasteiger charge is -2.40. The third-order valence-corrected chi connectivity index (χ3v) is 6.34. The SMILES string of the molecule is Cc1cnc(N2CCC(C)(NC(=O)OC(C)(C)C)CC2)c(CNC(=O)c2cccc(Cl)c2Cl)n1. The maximum atomic E-state index is 12.7. The number of ether oxygens (including phenoxy) is 1. The Bertz CT molecular complexity index is 1060. The normalized spacial score (nSPS) is 15.6. The van der Waals surface area contributed by atoms with Gasteiger partial charge in [-0.2, -0.15) is 0 Å². The third kappa shape index (κ3) is 6.73. The van der Waals surface area contributed by atoms with E-state index in [9.17, 15) is 9.59 Å². The predicted octanol–water partition coefficient (Wildman–Crippen LogP) is 4.91. The Labute approximate surface area is 210 Å². The minimum Gasteiger partial charge on any atom is -0.444 e. The molecule has 1 aromatic heterocycles. The fraction of sp³-hybridized carbons (Fsp3) is 0.500. The van der Waals surface area contributed by atoms with Crippen molar-refractivity contribution in [1.82, 2.24) is 20.6 Å². The molecular weight excluding hydrogens is 477 g/mol. The molecule has 2 amide bonds. The first-order valence-corrected chi connectivity index (χ1v) is 11.9. The van der Waals surface area contributed by atoms with Crippen LogP contribution in [0.15, 0.2) is 24.4 Å². The van der Waals surface area contributed by atoms with Crippen LogP contribution in [-0.2, 0) is 11.3 Å². The topological polar surface area (TPSA) is 96.5 Å². The van der Waals surface area contributed by atoms with Crippen molar-refractivity contribution >= 4 is 41.0 Å². The molecule has 10 heteroatoms. The standard InChI is InChI=1S/C24H31Cl2N5O3/c1-15-13-27-20(18(29-15)14-28-21(32)16-7-6-8-17(25)19(16)26)31-11-9-24(5,10-12-31)30-22(33)34-23(2,3)4/h6-8,13H,9-12,14H2,1-5H3,(H,28,32)(H,30,33). The Morgan fingerprint density at radius 2 is 1.88 bits per heavy atom. The minimum atomic E-state index is -0.548. The number of nitrogens with one attached hydrogen (secondary N) is 2. The maximum absolute atomic E-state index is 12.7. The minimum absolute atomic E-state index is 0.190. The Morgan fingerprint density at radius 1 is 1.21 bits per heavy atom. The summed E-state index contributed by atoms with van der Waals surface area (Å²) in [4.78, 5) is 36.3. The van der Waals surface area contributed by atoms with Gasteiger partial charge in [-0.15, -0.1) is 0 Å². The molecular formula is C24H31Cl2N5O3. The number of alkyl carbamates (subject to hydrolysis) is 1. The molecule has 8 nitrogen and oxygen atoms in total. The number of rotatable bonds is 5. The quantitative estimate of drug-likeness (QED) is 0.596. The van der Waals surface area contributed by atoms with Crippen LogP contribution in [0.4, 0.5) is 10.6 Å². The van der Waals surface area contributed by atoms with Crippen molar-refractivity contribution in [2.24, 2.45) is 0 Å². The first-order valence-electron chi connectivity index (χ1n) is 11.2. The average Bonchev–Trinajstić information content (AvgIpc) is 2.73. The van der Waals surface area contributed by atoms with Crippen LogP contribution in [0.5, 0.6) is 0 Å². The lowest BCUT2D eigenvalue weighted by atomic mass is 9.89. The van der Waals surface area contributed by atoms with E-state index in [1.54, 1.807) is 24.4 Å². The van der Waals surface area contributed by atoms with Crippen molar-refractivity contribution in [2.45, 2.75) is 65.1 Å². The molecule has 2 heterocycles. The molecule has 1 aliphatic heterocycles. The summed E-state index contributed by atoms with van der Waals surface area (Å²) in [7, 11) is 0. The van der Waals surface area contributed by atoms with Gasteiger partial charge < -0.3 is 20.3 Å². The van der Waals surface area contributed by atoms with Gasteiger partial charge in [0.15, 0.2) is 5.82 Å². The zero-order valence-electron chi connectivity index (χ0n) is 20.2. The van der Waals surface area contributed by atoms with Crippen molar-refractivity contribution < 1.29 is 14.3 Å². The van der Waals surface area contributed by atoms with E-state index >= 15 is 0 Å². The number of carbonyl (C=O) groups excluding carboxylic acids is 2. The van der Waals surface area contributed by atoms with E-state index in [1.165, 1.54) is 0 Å². The molecule has 1 aromatic carbocycles. The molecule has 2 aromatic rings. The molecule has 0 unspecified atom stereocenters. The number of hydrogen-bond donors (Lipinski definition) is 2. The zero-order valence-corrected chi connectivity index (χ0v) is 21.7. The van der Waals surface area contributed by atoms with Gasteiger partial charge in [-0.05, 0) is 59.6 Å². The van der Waals surface area contributed by atoms with Crippen LogP contribution in [0.25, 0.3) is 0 Å². The van der Waals surface area contributed by atoms with E-state index in [4.69, 9.17) is 27.9 Å². The van der Waals surface area contributed by atoms with E-state index in [0.29, 0.717) is 48.0 Å². The molecule has 0 atom stereocenters. The van der Waals surface area contributed by atoms with Crippen LogP contribution in [0.2, 0.25) is 10.0 Å². The summed E-state index contributed by atoms with van der Waals surface area (Å²) in [6.07, 6.45) is 2.72. The second-order valence-corrected chi connectivity index (χ2v) is 10.5. The fourth-order valence-electron chi connectivity index (χ4n) is 3.73. The molecule has 1 saturated heterocycles. The molecule has 3 rings (SSSR count). The van der Waals surface area contributed by atoms with Crippen LogP contribution < -0.4 is 15.5 Å². The molecule has 0 aliphatic carbocycles. The smallest absolute Gasteiger partial charge is 0.408 e. The zero-order chi connectivity index (χ0) is 25.1. The molecule has 34 heavy (non-hydrogen) atoms. The third-order valence-electron chi connectivity index (χ3n) is 5.52. The Balaban J connectivity index is 1.67. The second-order valence-electron chi connectivity index (χ2n) is 9.74. The van der Waals surface area contributed by atoms with Crippen LogP contribution >= 0.6 is 23.2 Å². The highest BCUT2D eigenvalue weighted by atomic mass is 35.5. The number of aryl methyl sites for hydroxylation is 1. The number of piperidine rings is 1. The van der Waals surface area contributed by atoms with Crippen LogP contribution in [0, 0.1) is 6.92 Å². The molecule has 184 valence electrons. The molecule has 0 bridgehead atoms. The highest BCUT2D eigenvalue weighted by Gasteiger charge is 2.34. The lowest BCUT2D eigenvalue weighted by Crippen LogP contribution is -2.54. The predicted molar refractivity (Wildman–Crippen MR) is 134 cm³/mol. The van der Waals surface area contributed by atoms with E-state index in [1.807, 2.05) is 34.6 Å². The first-order chi connectivity index (χ1) is 15.9. The van der Waals surface area contributed by atoms with Crippen molar-refractivity contribution in [3.05, 3.63) is 51.4 Å². The molecule has 0 saturated carbocycles. The summed E-state index contributed by atoms with van der Waals surface area (Å²) in [6.45, 7) is 10.9. The van der Waals surface area contributed by atoms with Gasteiger partial charge in [0.2, 0.25) is 0 Å². The molecule has 1 fully saturated rings. The number of hydrogen-bond acceptors (Lipinski definition) is 6. The van der Waals surface area contributed by atoms with Gasteiger partial charge in [-0.3, -0.25) is 9.78 Å². The van der Waals surface area contributed by atoms with Crippen LogP contribution in [0.3, 0.4) is 0 Å². The van der Waals surface area contributed by atoms with Gasteiger partial charge in [0.1, 0.15) is 11.3 Å². The molecule has 0 radical (unpaired) electrons. The summed E-state index contributed by atoms with van der Waals surface area (Å²) >= 11 is 12.2. The van der Waals surface area contributed by atoms with Crippen LogP contribution in [-0.4, -0.2) is 46.2 Å². The van der Waals surface area contributed by atoms with Gasteiger partial charge in [-0.25, -0.2) is 9.78 Å². The highest BCUT2D eigenvalue weighted by molar-refractivity contribution is 6.43.